The summed E-state index contributed by atoms with van der Waals surface area (Å²) in [7, 11) is 0. The second-order valence-electron chi connectivity index (χ2n) is 3.64. The number of rotatable bonds is 5. The van der Waals surface area contributed by atoms with Gasteiger partial charge in [-0.1, -0.05) is 11.6 Å². The summed E-state index contributed by atoms with van der Waals surface area (Å²) in [5.41, 5.74) is 1.90. The molecule has 3 heteroatoms. The molecular formula is C12H18O3. The highest BCUT2D eigenvalue weighted by Gasteiger charge is 2.08. The molecule has 0 spiro atoms. The predicted octanol–water partition coefficient (Wildman–Crippen LogP) is 1.81. The summed E-state index contributed by atoms with van der Waals surface area (Å²) >= 11 is 0. The van der Waals surface area contributed by atoms with Crippen LogP contribution in [0.3, 0.4) is 0 Å². The van der Waals surface area contributed by atoms with Crippen LogP contribution >= 0.6 is 0 Å². The SMILES string of the molecule is Cc1ccc(OCCCO)c([C@H](C)O)c1. The minimum Gasteiger partial charge on any atom is -0.493 e. The fourth-order valence-corrected chi connectivity index (χ4v) is 1.37. The topological polar surface area (TPSA) is 49.7 Å². The van der Waals surface area contributed by atoms with Gasteiger partial charge >= 0.3 is 0 Å². The zero-order valence-electron chi connectivity index (χ0n) is 9.23. The van der Waals surface area contributed by atoms with Gasteiger partial charge in [0, 0.05) is 18.6 Å². The van der Waals surface area contributed by atoms with Gasteiger partial charge in [0.1, 0.15) is 5.75 Å². The van der Waals surface area contributed by atoms with E-state index in [0.717, 1.165) is 11.1 Å². The zero-order chi connectivity index (χ0) is 11.3. The number of hydrogen-bond donors (Lipinski definition) is 2. The first-order valence-electron chi connectivity index (χ1n) is 5.17. The molecule has 0 aliphatic carbocycles. The van der Waals surface area contributed by atoms with Crippen molar-refractivity contribution in [1.82, 2.24) is 0 Å². The van der Waals surface area contributed by atoms with E-state index in [1.165, 1.54) is 0 Å². The third kappa shape index (κ3) is 3.53. The van der Waals surface area contributed by atoms with Gasteiger partial charge in [0.05, 0.1) is 12.7 Å². The molecule has 2 N–H and O–H groups in total. The summed E-state index contributed by atoms with van der Waals surface area (Å²) in [5, 5.41) is 18.2. The van der Waals surface area contributed by atoms with E-state index in [2.05, 4.69) is 0 Å². The molecule has 1 rings (SSSR count). The maximum Gasteiger partial charge on any atom is 0.125 e. The van der Waals surface area contributed by atoms with E-state index < -0.39 is 6.10 Å². The third-order valence-corrected chi connectivity index (χ3v) is 2.18. The minimum absolute atomic E-state index is 0.121. The maximum atomic E-state index is 9.56. The molecule has 0 aliphatic rings. The first-order valence-corrected chi connectivity index (χ1v) is 5.17. The van der Waals surface area contributed by atoms with Crippen LogP contribution in [0.5, 0.6) is 5.75 Å². The molecule has 0 radical (unpaired) electrons. The molecule has 3 nitrogen and oxygen atoms in total. The van der Waals surface area contributed by atoms with Crippen LogP contribution in [-0.2, 0) is 0 Å². The number of aliphatic hydroxyl groups is 2. The van der Waals surface area contributed by atoms with E-state index in [-0.39, 0.29) is 6.61 Å². The van der Waals surface area contributed by atoms with Gasteiger partial charge in [-0.05, 0) is 26.0 Å². The van der Waals surface area contributed by atoms with E-state index in [1.807, 2.05) is 25.1 Å². The fraction of sp³-hybridized carbons (Fsp3) is 0.500. The molecule has 0 unspecified atom stereocenters. The minimum atomic E-state index is -0.533. The zero-order valence-corrected chi connectivity index (χ0v) is 9.23. The molecule has 1 aromatic rings. The van der Waals surface area contributed by atoms with Gasteiger partial charge in [-0.2, -0.15) is 0 Å². The smallest absolute Gasteiger partial charge is 0.125 e. The Labute approximate surface area is 90.3 Å². The van der Waals surface area contributed by atoms with Crippen molar-refractivity contribution in [3.05, 3.63) is 29.3 Å². The van der Waals surface area contributed by atoms with Crippen molar-refractivity contribution >= 4 is 0 Å². The Bertz CT molecular complexity index is 308. The van der Waals surface area contributed by atoms with Crippen LogP contribution < -0.4 is 4.74 Å². The molecule has 0 bridgehead atoms. The molecule has 0 aromatic heterocycles. The molecule has 1 aromatic carbocycles. The summed E-state index contributed by atoms with van der Waals surface area (Å²) in [5.74, 6) is 0.698. The molecule has 1 atom stereocenters. The van der Waals surface area contributed by atoms with E-state index in [4.69, 9.17) is 9.84 Å². The number of aliphatic hydroxyl groups excluding tert-OH is 2. The molecule has 15 heavy (non-hydrogen) atoms. The molecule has 0 fully saturated rings. The van der Waals surface area contributed by atoms with Gasteiger partial charge in [0.25, 0.3) is 0 Å². The van der Waals surface area contributed by atoms with E-state index in [1.54, 1.807) is 6.92 Å². The van der Waals surface area contributed by atoms with Gasteiger partial charge in [-0.3, -0.25) is 0 Å². The van der Waals surface area contributed by atoms with Crippen molar-refractivity contribution in [2.75, 3.05) is 13.2 Å². The molecular weight excluding hydrogens is 192 g/mol. The number of hydrogen-bond acceptors (Lipinski definition) is 3. The van der Waals surface area contributed by atoms with Crippen molar-refractivity contribution in [2.24, 2.45) is 0 Å². The second kappa shape index (κ2) is 5.73. The lowest BCUT2D eigenvalue weighted by molar-refractivity contribution is 0.187. The van der Waals surface area contributed by atoms with Crippen LogP contribution in [0.2, 0.25) is 0 Å². The lowest BCUT2D eigenvalue weighted by Crippen LogP contribution is -2.04. The van der Waals surface area contributed by atoms with Gasteiger partial charge in [0.2, 0.25) is 0 Å². The summed E-state index contributed by atoms with van der Waals surface area (Å²) in [6, 6.07) is 5.72. The molecule has 0 saturated carbocycles. The van der Waals surface area contributed by atoms with Crippen molar-refractivity contribution in [1.29, 1.82) is 0 Å². The Morgan fingerprint density at radius 1 is 1.40 bits per heavy atom. The quantitative estimate of drug-likeness (QED) is 0.729. The number of ether oxygens (including phenoxy) is 1. The van der Waals surface area contributed by atoms with Gasteiger partial charge < -0.3 is 14.9 Å². The van der Waals surface area contributed by atoms with E-state index >= 15 is 0 Å². The highest BCUT2D eigenvalue weighted by molar-refractivity contribution is 5.38. The highest BCUT2D eigenvalue weighted by Crippen LogP contribution is 2.26. The lowest BCUT2D eigenvalue weighted by Gasteiger charge is -2.13. The first kappa shape index (κ1) is 12.0. The van der Waals surface area contributed by atoms with Crippen molar-refractivity contribution in [3.8, 4) is 5.75 Å². The standard InChI is InChI=1S/C12H18O3/c1-9-4-5-12(15-7-3-6-13)11(8-9)10(2)14/h4-5,8,10,13-14H,3,6-7H2,1-2H3/t10-/m0/s1. The average Bonchev–Trinajstić information content (AvgIpc) is 2.20. The van der Waals surface area contributed by atoms with Crippen molar-refractivity contribution in [2.45, 2.75) is 26.4 Å². The second-order valence-corrected chi connectivity index (χ2v) is 3.64. The largest absolute Gasteiger partial charge is 0.493 e. The molecule has 0 heterocycles. The third-order valence-electron chi connectivity index (χ3n) is 2.18. The van der Waals surface area contributed by atoms with E-state index in [9.17, 15) is 5.11 Å². The predicted molar refractivity (Wildman–Crippen MR) is 59.0 cm³/mol. The van der Waals surface area contributed by atoms with Crippen molar-refractivity contribution in [3.63, 3.8) is 0 Å². The monoisotopic (exact) mass is 210 g/mol. The van der Waals surface area contributed by atoms with Crippen LogP contribution in [0.4, 0.5) is 0 Å². The van der Waals surface area contributed by atoms with E-state index in [0.29, 0.717) is 18.8 Å². The normalized spacial score (nSPS) is 12.5. The summed E-state index contributed by atoms with van der Waals surface area (Å²) in [4.78, 5) is 0. The lowest BCUT2D eigenvalue weighted by atomic mass is 10.1. The maximum absolute atomic E-state index is 9.56. The Morgan fingerprint density at radius 2 is 2.13 bits per heavy atom. The van der Waals surface area contributed by atoms with Crippen LogP contribution in [0.1, 0.15) is 30.6 Å². The average molecular weight is 210 g/mol. The van der Waals surface area contributed by atoms with Crippen LogP contribution in [0.25, 0.3) is 0 Å². The summed E-state index contributed by atoms with van der Waals surface area (Å²) < 4.78 is 5.47. The molecule has 0 saturated heterocycles. The Kier molecular flexibility index (Phi) is 4.59. The molecule has 0 aliphatic heterocycles. The fourth-order valence-electron chi connectivity index (χ4n) is 1.37. The Balaban J connectivity index is 2.77. The highest BCUT2D eigenvalue weighted by atomic mass is 16.5. The molecule has 84 valence electrons. The number of aryl methyl sites for hydroxylation is 1. The van der Waals surface area contributed by atoms with Crippen LogP contribution in [-0.4, -0.2) is 23.4 Å². The first-order chi connectivity index (χ1) is 7.15. The Morgan fingerprint density at radius 3 is 2.73 bits per heavy atom. The summed E-state index contributed by atoms with van der Waals surface area (Å²) in [6.45, 7) is 4.28. The van der Waals surface area contributed by atoms with Gasteiger partial charge in [-0.15, -0.1) is 0 Å². The van der Waals surface area contributed by atoms with Crippen LogP contribution in [0.15, 0.2) is 18.2 Å². The number of benzene rings is 1. The van der Waals surface area contributed by atoms with Crippen molar-refractivity contribution < 1.29 is 14.9 Å². The van der Waals surface area contributed by atoms with Gasteiger partial charge in [0.15, 0.2) is 0 Å². The summed E-state index contributed by atoms with van der Waals surface area (Å²) in [6.07, 6.45) is 0.0710. The van der Waals surface area contributed by atoms with Crippen LogP contribution in [0, 0.1) is 6.92 Å². The Hall–Kier alpha value is -1.06. The van der Waals surface area contributed by atoms with Gasteiger partial charge in [-0.25, -0.2) is 0 Å². The molecule has 0 amide bonds.